The Bertz CT molecular complexity index is 1240. The minimum atomic E-state index is -0.421. The van der Waals surface area contributed by atoms with Crippen LogP contribution in [-0.4, -0.2) is 48.0 Å². The van der Waals surface area contributed by atoms with Crippen molar-refractivity contribution < 1.29 is 14.0 Å². The highest BCUT2D eigenvalue weighted by atomic mass is 79.9. The average Bonchev–Trinajstić information content (AvgIpc) is 3.35. The number of carbonyl (C=O) groups is 2. The Kier molecular flexibility index (Phi) is 7.80. The van der Waals surface area contributed by atoms with E-state index in [1.807, 2.05) is 74.2 Å². The number of nitrogens with zero attached hydrogens (tertiary/aromatic N) is 2. The summed E-state index contributed by atoms with van der Waals surface area (Å²) < 4.78 is 6.67. The van der Waals surface area contributed by atoms with Crippen molar-refractivity contribution in [3.63, 3.8) is 0 Å². The van der Waals surface area contributed by atoms with Gasteiger partial charge in [-0.3, -0.25) is 14.9 Å². The Balaban J connectivity index is 1.28. The molecule has 1 aliphatic rings. The third-order valence-corrected chi connectivity index (χ3v) is 6.62. The van der Waals surface area contributed by atoms with Crippen LogP contribution < -0.4 is 15.5 Å². The van der Waals surface area contributed by atoms with Gasteiger partial charge in [-0.05, 0) is 60.7 Å². The molecule has 7 nitrogen and oxygen atoms in total. The van der Waals surface area contributed by atoms with Crippen LogP contribution in [0.2, 0.25) is 0 Å². The molecule has 1 aromatic heterocycles. The van der Waals surface area contributed by atoms with Crippen molar-refractivity contribution in [2.75, 3.05) is 36.4 Å². The molecule has 1 aliphatic heterocycles. The van der Waals surface area contributed by atoms with Gasteiger partial charge in [-0.1, -0.05) is 48.8 Å². The fraction of sp³-hybridized carbons (Fsp3) is 0.296. The molecule has 188 valence electrons. The van der Waals surface area contributed by atoms with Gasteiger partial charge in [0.15, 0.2) is 10.9 Å². The molecule has 36 heavy (non-hydrogen) atoms. The van der Waals surface area contributed by atoms with Gasteiger partial charge in [-0.2, -0.15) is 0 Å². The summed E-state index contributed by atoms with van der Waals surface area (Å²) >= 11 is 8.72. The summed E-state index contributed by atoms with van der Waals surface area (Å²) in [4.78, 5) is 29.3. The van der Waals surface area contributed by atoms with Crippen LogP contribution in [-0.2, 0) is 4.79 Å². The fourth-order valence-electron chi connectivity index (χ4n) is 3.95. The molecule has 0 radical (unpaired) electrons. The van der Waals surface area contributed by atoms with Crippen LogP contribution >= 0.6 is 28.1 Å². The Hall–Kier alpha value is -3.17. The predicted molar refractivity (Wildman–Crippen MR) is 150 cm³/mol. The number of hydrogen-bond donors (Lipinski definition) is 2. The van der Waals surface area contributed by atoms with Gasteiger partial charge in [0.1, 0.15) is 5.76 Å². The first-order valence-electron chi connectivity index (χ1n) is 11.7. The fourth-order valence-corrected chi connectivity index (χ4v) is 4.43. The number of carbonyl (C=O) groups excluding carboxylic acids is 2. The maximum absolute atomic E-state index is 12.6. The number of nitrogens with one attached hydrogen (secondary N) is 2. The predicted octanol–water partition coefficient (Wildman–Crippen LogP) is 5.53. The molecule has 0 atom stereocenters. The molecular weight excluding hydrogens is 540 g/mol. The van der Waals surface area contributed by atoms with Crippen LogP contribution in [0.25, 0.3) is 11.3 Å². The van der Waals surface area contributed by atoms with Crippen molar-refractivity contribution in [1.29, 1.82) is 0 Å². The number of halogens is 1. The molecule has 2 N–H and O–H groups in total. The third-order valence-electron chi connectivity index (χ3n) is 5.88. The molecule has 0 spiro atoms. The minimum Gasteiger partial charge on any atom is -0.451 e. The standard InChI is InChI=1S/C27H29BrN4O3S/c1-27(2,3)25(34)32-16-14-31(15-17-32)21-10-8-20(9-11-21)29-26(36)30-24(33)23-13-12-22(35-23)18-4-6-19(28)7-5-18/h4-13H,14-17H2,1-3H3,(H2,29,30,33,36). The maximum Gasteiger partial charge on any atom is 0.293 e. The molecule has 9 heteroatoms. The molecule has 0 bridgehead atoms. The van der Waals surface area contributed by atoms with Crippen LogP contribution in [0, 0.1) is 5.41 Å². The minimum absolute atomic E-state index is 0.177. The van der Waals surface area contributed by atoms with Crippen LogP contribution in [0.4, 0.5) is 11.4 Å². The third kappa shape index (κ3) is 6.33. The van der Waals surface area contributed by atoms with Gasteiger partial charge < -0.3 is 19.5 Å². The molecule has 0 unspecified atom stereocenters. The summed E-state index contributed by atoms with van der Waals surface area (Å²) in [6.07, 6.45) is 0. The molecule has 2 aromatic carbocycles. The first-order chi connectivity index (χ1) is 17.1. The van der Waals surface area contributed by atoms with Gasteiger partial charge in [0.05, 0.1) is 0 Å². The van der Waals surface area contributed by atoms with Gasteiger partial charge in [0.25, 0.3) is 5.91 Å². The topological polar surface area (TPSA) is 77.8 Å². The first-order valence-corrected chi connectivity index (χ1v) is 12.9. The van der Waals surface area contributed by atoms with E-state index in [-0.39, 0.29) is 22.2 Å². The lowest BCUT2D eigenvalue weighted by Crippen LogP contribution is -2.51. The van der Waals surface area contributed by atoms with Crippen molar-refractivity contribution in [2.24, 2.45) is 5.41 Å². The SMILES string of the molecule is CC(C)(C)C(=O)N1CCN(c2ccc(NC(=S)NC(=O)c3ccc(-c4ccc(Br)cc4)o3)cc2)CC1. The molecule has 4 rings (SSSR count). The highest BCUT2D eigenvalue weighted by Gasteiger charge is 2.29. The van der Waals surface area contributed by atoms with Crippen molar-refractivity contribution in [3.05, 3.63) is 70.9 Å². The monoisotopic (exact) mass is 568 g/mol. The average molecular weight is 570 g/mol. The van der Waals surface area contributed by atoms with E-state index >= 15 is 0 Å². The molecule has 3 aromatic rings. The second-order valence-electron chi connectivity index (χ2n) is 9.66. The number of piperazine rings is 1. The largest absolute Gasteiger partial charge is 0.451 e. The summed E-state index contributed by atoms with van der Waals surface area (Å²) in [5, 5.41) is 5.88. The van der Waals surface area contributed by atoms with Gasteiger partial charge in [-0.15, -0.1) is 0 Å². The first kappa shape index (κ1) is 25.9. The summed E-state index contributed by atoms with van der Waals surface area (Å²) in [7, 11) is 0. The van der Waals surface area contributed by atoms with Gasteiger partial charge in [0.2, 0.25) is 5.91 Å². The van der Waals surface area contributed by atoms with Crippen molar-refractivity contribution in [2.45, 2.75) is 20.8 Å². The summed E-state index contributed by atoms with van der Waals surface area (Å²) in [5.74, 6) is 0.550. The van der Waals surface area contributed by atoms with E-state index in [2.05, 4.69) is 31.5 Å². The second kappa shape index (κ2) is 10.8. The molecule has 1 fully saturated rings. The quantitative estimate of drug-likeness (QED) is 0.403. The van der Waals surface area contributed by atoms with E-state index < -0.39 is 5.91 Å². The van der Waals surface area contributed by atoms with Crippen LogP contribution in [0.3, 0.4) is 0 Å². The number of rotatable bonds is 4. The zero-order valence-corrected chi connectivity index (χ0v) is 22.9. The Morgan fingerprint density at radius 3 is 2.17 bits per heavy atom. The van der Waals surface area contributed by atoms with E-state index in [1.54, 1.807) is 12.1 Å². The zero-order valence-electron chi connectivity index (χ0n) is 20.5. The highest BCUT2D eigenvalue weighted by molar-refractivity contribution is 9.10. The molecule has 0 saturated carbocycles. The van der Waals surface area contributed by atoms with Crippen LogP contribution in [0.5, 0.6) is 0 Å². The summed E-state index contributed by atoms with van der Waals surface area (Å²) in [5.41, 5.74) is 2.36. The van der Waals surface area contributed by atoms with Crippen molar-refractivity contribution in [3.8, 4) is 11.3 Å². The number of amides is 2. The van der Waals surface area contributed by atoms with E-state index in [0.717, 1.165) is 34.5 Å². The lowest BCUT2D eigenvalue weighted by molar-refractivity contribution is -0.139. The van der Waals surface area contributed by atoms with Crippen molar-refractivity contribution >= 4 is 56.4 Å². The highest BCUT2D eigenvalue weighted by Crippen LogP contribution is 2.25. The normalized spacial score (nSPS) is 13.9. The summed E-state index contributed by atoms with van der Waals surface area (Å²) in [6.45, 7) is 8.86. The number of anilines is 2. The van der Waals surface area contributed by atoms with E-state index in [4.69, 9.17) is 16.6 Å². The maximum atomic E-state index is 12.6. The van der Waals surface area contributed by atoms with E-state index in [1.165, 1.54) is 0 Å². The van der Waals surface area contributed by atoms with Gasteiger partial charge >= 0.3 is 0 Å². The lowest BCUT2D eigenvalue weighted by Gasteiger charge is -2.38. The van der Waals surface area contributed by atoms with Crippen molar-refractivity contribution in [1.82, 2.24) is 10.2 Å². The van der Waals surface area contributed by atoms with Gasteiger partial charge in [-0.25, -0.2) is 0 Å². The molecular formula is C27H29BrN4O3S. The number of thiocarbonyl (C=S) groups is 1. The van der Waals surface area contributed by atoms with E-state index in [0.29, 0.717) is 18.8 Å². The van der Waals surface area contributed by atoms with E-state index in [9.17, 15) is 9.59 Å². The van der Waals surface area contributed by atoms with Crippen LogP contribution in [0.15, 0.2) is 69.6 Å². The molecule has 0 aliphatic carbocycles. The van der Waals surface area contributed by atoms with Crippen LogP contribution in [0.1, 0.15) is 31.3 Å². The number of furan rings is 1. The second-order valence-corrected chi connectivity index (χ2v) is 11.0. The molecule has 2 heterocycles. The molecule has 2 amide bonds. The lowest BCUT2D eigenvalue weighted by atomic mass is 9.94. The summed E-state index contributed by atoms with van der Waals surface area (Å²) in [6, 6.07) is 18.9. The zero-order chi connectivity index (χ0) is 25.9. The smallest absolute Gasteiger partial charge is 0.293 e. The molecule has 1 saturated heterocycles. The Labute approximate surface area is 225 Å². The number of hydrogen-bond acceptors (Lipinski definition) is 5. The Morgan fingerprint density at radius 1 is 0.917 bits per heavy atom. The Morgan fingerprint density at radius 2 is 1.56 bits per heavy atom. The number of benzene rings is 2. The van der Waals surface area contributed by atoms with Gasteiger partial charge in [0, 0.05) is 53.0 Å².